The number of carbonyl (C=O) groups is 1. The van der Waals surface area contributed by atoms with E-state index in [1.165, 1.54) is 35.6 Å². The summed E-state index contributed by atoms with van der Waals surface area (Å²) >= 11 is 0. The largest absolute Gasteiger partial charge is 0.497 e. The molecule has 1 amide bonds. The number of rotatable bonds is 7. The fraction of sp³-hybridized carbons (Fsp3) is 0.136. The van der Waals surface area contributed by atoms with E-state index in [0.717, 1.165) is 5.56 Å². The zero-order valence-corrected chi connectivity index (χ0v) is 17.0. The van der Waals surface area contributed by atoms with Gasteiger partial charge in [0.15, 0.2) is 0 Å². The monoisotopic (exact) mass is 410 g/mol. The quantitative estimate of drug-likeness (QED) is 0.647. The molecule has 0 saturated carbocycles. The predicted octanol–water partition coefficient (Wildman–Crippen LogP) is 3.45. The molecule has 150 valence electrons. The highest BCUT2D eigenvalue weighted by molar-refractivity contribution is 7.92. The number of carbonyl (C=O) groups excluding carboxylic acids is 1. The molecule has 0 aliphatic heterocycles. The van der Waals surface area contributed by atoms with Crippen molar-refractivity contribution in [2.45, 2.75) is 11.4 Å². The lowest BCUT2D eigenvalue weighted by Gasteiger charge is -2.19. The van der Waals surface area contributed by atoms with Crippen LogP contribution in [0, 0.1) is 0 Å². The van der Waals surface area contributed by atoms with Gasteiger partial charge < -0.3 is 10.1 Å². The number of methoxy groups -OCH3 is 1. The minimum Gasteiger partial charge on any atom is -0.497 e. The standard InChI is InChI=1S/C22H22N2O4S/c1-24(19-8-4-3-5-9-19)29(26,27)21-13-11-18(12-14-21)22(25)23-16-17-7-6-10-20(15-17)28-2/h3-15H,16H2,1-2H3,(H,23,25). The van der Waals surface area contributed by atoms with Crippen molar-refractivity contribution >= 4 is 21.6 Å². The maximum absolute atomic E-state index is 12.8. The number of para-hydroxylation sites is 1. The summed E-state index contributed by atoms with van der Waals surface area (Å²) in [6.07, 6.45) is 0. The van der Waals surface area contributed by atoms with Crippen molar-refractivity contribution in [1.82, 2.24) is 5.32 Å². The first-order chi connectivity index (χ1) is 13.9. The molecule has 0 bridgehead atoms. The molecule has 0 atom stereocenters. The summed E-state index contributed by atoms with van der Waals surface area (Å²) in [5.74, 6) is 0.432. The van der Waals surface area contributed by atoms with Gasteiger partial charge in [-0.15, -0.1) is 0 Å². The Kier molecular flexibility index (Phi) is 6.19. The number of sulfonamides is 1. The van der Waals surface area contributed by atoms with Gasteiger partial charge >= 0.3 is 0 Å². The average molecular weight is 410 g/mol. The number of benzene rings is 3. The maximum atomic E-state index is 12.8. The van der Waals surface area contributed by atoms with E-state index >= 15 is 0 Å². The van der Waals surface area contributed by atoms with Crippen LogP contribution in [0.15, 0.2) is 83.8 Å². The third-order valence-corrected chi connectivity index (χ3v) is 6.28. The lowest BCUT2D eigenvalue weighted by Crippen LogP contribution is -2.27. The SMILES string of the molecule is COc1cccc(CNC(=O)c2ccc(S(=O)(=O)N(C)c3ccccc3)cc2)c1. The smallest absolute Gasteiger partial charge is 0.264 e. The summed E-state index contributed by atoms with van der Waals surface area (Å²) in [7, 11) is -0.624. The van der Waals surface area contributed by atoms with Crippen molar-refractivity contribution in [3.8, 4) is 5.75 Å². The number of nitrogens with one attached hydrogen (secondary N) is 1. The van der Waals surface area contributed by atoms with Crippen LogP contribution in [0.5, 0.6) is 5.75 Å². The Labute approximate surface area is 170 Å². The van der Waals surface area contributed by atoms with Gasteiger partial charge in [0.05, 0.1) is 17.7 Å². The average Bonchev–Trinajstić information content (AvgIpc) is 2.77. The molecule has 3 rings (SSSR count). The van der Waals surface area contributed by atoms with Crippen LogP contribution in [0.4, 0.5) is 5.69 Å². The highest BCUT2D eigenvalue weighted by Gasteiger charge is 2.21. The lowest BCUT2D eigenvalue weighted by atomic mass is 10.2. The van der Waals surface area contributed by atoms with Crippen LogP contribution in [-0.2, 0) is 16.6 Å². The molecular weight excluding hydrogens is 388 g/mol. The number of hydrogen-bond acceptors (Lipinski definition) is 4. The number of hydrogen-bond donors (Lipinski definition) is 1. The number of ether oxygens (including phenoxy) is 1. The van der Waals surface area contributed by atoms with Gasteiger partial charge in [0.25, 0.3) is 15.9 Å². The fourth-order valence-corrected chi connectivity index (χ4v) is 3.98. The Morgan fingerprint density at radius 2 is 1.66 bits per heavy atom. The molecule has 3 aromatic rings. The van der Waals surface area contributed by atoms with E-state index in [0.29, 0.717) is 23.5 Å². The second kappa shape index (κ2) is 8.79. The van der Waals surface area contributed by atoms with Crippen LogP contribution in [0.2, 0.25) is 0 Å². The van der Waals surface area contributed by atoms with Crippen molar-refractivity contribution in [1.29, 1.82) is 0 Å². The molecule has 0 aliphatic rings. The summed E-state index contributed by atoms with van der Waals surface area (Å²) in [4.78, 5) is 12.5. The third kappa shape index (κ3) is 4.75. The van der Waals surface area contributed by atoms with Gasteiger partial charge in [0.2, 0.25) is 0 Å². The highest BCUT2D eigenvalue weighted by atomic mass is 32.2. The summed E-state index contributed by atoms with van der Waals surface area (Å²) in [6.45, 7) is 0.340. The van der Waals surface area contributed by atoms with E-state index in [1.807, 2.05) is 30.3 Å². The van der Waals surface area contributed by atoms with Gasteiger partial charge in [-0.1, -0.05) is 30.3 Å². The highest BCUT2D eigenvalue weighted by Crippen LogP contribution is 2.22. The van der Waals surface area contributed by atoms with E-state index < -0.39 is 10.0 Å². The molecule has 0 aromatic heterocycles. The zero-order chi connectivity index (χ0) is 20.9. The second-order valence-corrected chi connectivity index (χ2v) is 8.34. The van der Waals surface area contributed by atoms with Crippen molar-refractivity contribution < 1.29 is 17.9 Å². The van der Waals surface area contributed by atoms with E-state index in [2.05, 4.69) is 5.32 Å². The molecule has 0 fully saturated rings. The number of anilines is 1. The molecule has 0 unspecified atom stereocenters. The first-order valence-electron chi connectivity index (χ1n) is 8.97. The minimum atomic E-state index is -3.71. The van der Waals surface area contributed by atoms with Gasteiger partial charge in [-0.3, -0.25) is 9.10 Å². The molecule has 6 nitrogen and oxygen atoms in total. The van der Waals surface area contributed by atoms with Gasteiger partial charge in [-0.2, -0.15) is 0 Å². The van der Waals surface area contributed by atoms with Crippen LogP contribution in [-0.4, -0.2) is 28.5 Å². The number of nitrogens with zero attached hydrogens (tertiary/aromatic N) is 1. The maximum Gasteiger partial charge on any atom is 0.264 e. The Morgan fingerprint density at radius 1 is 0.966 bits per heavy atom. The van der Waals surface area contributed by atoms with Crippen LogP contribution < -0.4 is 14.4 Å². The van der Waals surface area contributed by atoms with Crippen LogP contribution in [0.25, 0.3) is 0 Å². The Hall–Kier alpha value is -3.32. The second-order valence-electron chi connectivity index (χ2n) is 6.37. The first kappa shape index (κ1) is 20.4. The molecule has 0 aliphatic carbocycles. The molecule has 0 radical (unpaired) electrons. The van der Waals surface area contributed by atoms with E-state index in [9.17, 15) is 13.2 Å². The molecule has 7 heteroatoms. The van der Waals surface area contributed by atoms with E-state index in [-0.39, 0.29) is 10.8 Å². The number of amides is 1. The van der Waals surface area contributed by atoms with Gasteiger partial charge in [-0.05, 0) is 54.1 Å². The van der Waals surface area contributed by atoms with Crippen molar-refractivity contribution in [3.63, 3.8) is 0 Å². The molecule has 0 saturated heterocycles. The Morgan fingerprint density at radius 3 is 2.31 bits per heavy atom. The van der Waals surface area contributed by atoms with Crippen molar-refractivity contribution in [2.75, 3.05) is 18.5 Å². The zero-order valence-electron chi connectivity index (χ0n) is 16.2. The molecule has 3 aromatic carbocycles. The predicted molar refractivity (Wildman–Crippen MR) is 113 cm³/mol. The molecule has 0 spiro atoms. The van der Waals surface area contributed by atoms with Gasteiger partial charge in [0.1, 0.15) is 5.75 Å². The van der Waals surface area contributed by atoms with Crippen LogP contribution in [0.1, 0.15) is 15.9 Å². The van der Waals surface area contributed by atoms with Crippen molar-refractivity contribution in [2.24, 2.45) is 0 Å². The van der Waals surface area contributed by atoms with E-state index in [1.54, 1.807) is 31.4 Å². The molecule has 0 heterocycles. The lowest BCUT2D eigenvalue weighted by molar-refractivity contribution is 0.0950. The molecular formula is C22H22N2O4S. The third-order valence-electron chi connectivity index (χ3n) is 4.48. The topological polar surface area (TPSA) is 75.7 Å². The van der Waals surface area contributed by atoms with Gasteiger partial charge in [0, 0.05) is 19.2 Å². The summed E-state index contributed by atoms with van der Waals surface area (Å²) in [5.41, 5.74) is 1.85. The Balaban J connectivity index is 1.69. The summed E-state index contributed by atoms with van der Waals surface area (Å²) < 4.78 is 32.0. The summed E-state index contributed by atoms with van der Waals surface area (Å²) in [5, 5.41) is 2.82. The summed E-state index contributed by atoms with van der Waals surface area (Å²) in [6, 6.07) is 22.1. The molecule has 29 heavy (non-hydrogen) atoms. The van der Waals surface area contributed by atoms with E-state index in [4.69, 9.17) is 4.74 Å². The first-order valence-corrected chi connectivity index (χ1v) is 10.4. The van der Waals surface area contributed by atoms with Gasteiger partial charge in [-0.25, -0.2) is 8.42 Å². The molecule has 1 N–H and O–H groups in total. The normalized spacial score (nSPS) is 11.0. The minimum absolute atomic E-state index is 0.119. The van der Waals surface area contributed by atoms with Crippen LogP contribution >= 0.6 is 0 Å². The fourth-order valence-electron chi connectivity index (χ4n) is 2.78. The Bertz CT molecular complexity index is 1080. The van der Waals surface area contributed by atoms with Crippen LogP contribution in [0.3, 0.4) is 0 Å². The van der Waals surface area contributed by atoms with Crippen molar-refractivity contribution in [3.05, 3.63) is 90.0 Å².